The van der Waals surface area contributed by atoms with E-state index in [1.165, 1.54) is 6.07 Å². The Bertz CT molecular complexity index is 683. The maximum Gasteiger partial charge on any atom is 0.387 e. The largest absolute Gasteiger partial charge is 0.433 e. The number of carbonyl (C=O) groups is 1. The maximum atomic E-state index is 12.3. The summed E-state index contributed by atoms with van der Waals surface area (Å²) >= 11 is 1.08. The molecule has 0 aliphatic heterocycles. The molecule has 0 saturated carbocycles. The third kappa shape index (κ3) is 2.83. The van der Waals surface area contributed by atoms with Gasteiger partial charge in [-0.15, -0.1) is 11.3 Å². The molecule has 0 unspecified atom stereocenters. The minimum absolute atomic E-state index is 0.0836. The molecule has 118 valence electrons. The number of nitrogens with one attached hydrogen (secondary N) is 1. The van der Waals surface area contributed by atoms with Gasteiger partial charge in [-0.1, -0.05) is 0 Å². The first-order valence-electron chi connectivity index (χ1n) is 6.90. The monoisotopic (exact) mass is 327 g/mol. The number of thiophene rings is 1. The van der Waals surface area contributed by atoms with E-state index in [1.54, 1.807) is 11.6 Å². The van der Waals surface area contributed by atoms with Crippen molar-refractivity contribution in [2.24, 2.45) is 7.05 Å². The molecule has 1 atom stereocenters. The van der Waals surface area contributed by atoms with Crippen LogP contribution in [0.1, 0.15) is 39.8 Å². The van der Waals surface area contributed by atoms with E-state index in [1.807, 2.05) is 11.7 Å². The van der Waals surface area contributed by atoms with Crippen LogP contribution < -0.4 is 10.1 Å². The number of nitrogens with zero attached hydrogens (tertiary/aromatic N) is 2. The van der Waals surface area contributed by atoms with Crippen molar-refractivity contribution in [1.29, 1.82) is 0 Å². The molecule has 2 heterocycles. The summed E-state index contributed by atoms with van der Waals surface area (Å²) in [4.78, 5) is 12.5. The van der Waals surface area contributed by atoms with Gasteiger partial charge in [0.2, 0.25) is 0 Å². The zero-order valence-electron chi connectivity index (χ0n) is 11.9. The molecule has 22 heavy (non-hydrogen) atoms. The first-order valence-corrected chi connectivity index (χ1v) is 7.78. The number of hydrogen-bond donors (Lipinski definition) is 1. The molecule has 1 N–H and O–H groups in total. The zero-order valence-corrected chi connectivity index (χ0v) is 12.7. The molecule has 5 nitrogen and oxygen atoms in total. The molecule has 0 fully saturated rings. The van der Waals surface area contributed by atoms with Crippen LogP contribution >= 0.6 is 11.3 Å². The van der Waals surface area contributed by atoms with Gasteiger partial charge in [0.1, 0.15) is 10.6 Å². The summed E-state index contributed by atoms with van der Waals surface area (Å²) in [7, 11) is 1.87. The Balaban J connectivity index is 1.77. The topological polar surface area (TPSA) is 56.2 Å². The lowest BCUT2D eigenvalue weighted by Crippen LogP contribution is -2.30. The maximum absolute atomic E-state index is 12.3. The highest BCUT2D eigenvalue weighted by atomic mass is 32.1. The van der Waals surface area contributed by atoms with Crippen LogP contribution in [0.4, 0.5) is 8.78 Å². The fourth-order valence-corrected chi connectivity index (χ4v) is 3.46. The Labute approximate surface area is 129 Å². The molecular weight excluding hydrogens is 312 g/mol. The van der Waals surface area contributed by atoms with Gasteiger partial charge in [0.05, 0.1) is 12.2 Å². The smallest absolute Gasteiger partial charge is 0.387 e. The average Bonchev–Trinajstić information content (AvgIpc) is 3.06. The van der Waals surface area contributed by atoms with Crippen molar-refractivity contribution in [3.8, 4) is 5.75 Å². The molecule has 2 aromatic rings. The van der Waals surface area contributed by atoms with E-state index in [0.29, 0.717) is 0 Å². The summed E-state index contributed by atoms with van der Waals surface area (Å²) in [5, 5.41) is 8.68. The van der Waals surface area contributed by atoms with E-state index < -0.39 is 12.5 Å². The van der Waals surface area contributed by atoms with Crippen molar-refractivity contribution in [2.75, 3.05) is 0 Å². The summed E-state index contributed by atoms with van der Waals surface area (Å²) in [6, 6.07) is 1.23. The van der Waals surface area contributed by atoms with Crippen molar-refractivity contribution >= 4 is 17.2 Å². The van der Waals surface area contributed by atoms with Crippen LogP contribution in [-0.2, 0) is 13.5 Å². The van der Waals surface area contributed by atoms with Gasteiger partial charge >= 0.3 is 6.61 Å². The number of aromatic nitrogens is 2. The summed E-state index contributed by atoms with van der Waals surface area (Å²) in [6.45, 7) is -2.94. The van der Waals surface area contributed by atoms with Gasteiger partial charge in [-0.3, -0.25) is 9.48 Å². The molecule has 3 rings (SSSR count). The quantitative estimate of drug-likeness (QED) is 0.939. The second-order valence-corrected chi connectivity index (χ2v) is 6.00. The number of ether oxygens (including phenoxy) is 1. The van der Waals surface area contributed by atoms with E-state index in [0.717, 1.165) is 41.9 Å². The second-order valence-electron chi connectivity index (χ2n) is 5.08. The van der Waals surface area contributed by atoms with E-state index in [-0.39, 0.29) is 16.7 Å². The summed E-state index contributed by atoms with van der Waals surface area (Å²) in [5.41, 5.74) is 2.10. The number of rotatable bonds is 4. The number of fused-ring (bicyclic) bond motifs is 1. The molecule has 1 amide bonds. The lowest BCUT2D eigenvalue weighted by molar-refractivity contribution is -0.0498. The van der Waals surface area contributed by atoms with Crippen LogP contribution in [0.2, 0.25) is 0 Å². The fraction of sp³-hybridized carbons (Fsp3) is 0.429. The van der Waals surface area contributed by atoms with Gasteiger partial charge in [0.25, 0.3) is 5.91 Å². The molecular formula is C14H15F2N3O2S. The van der Waals surface area contributed by atoms with Crippen molar-refractivity contribution < 1.29 is 18.3 Å². The first-order chi connectivity index (χ1) is 10.6. The summed E-state index contributed by atoms with van der Waals surface area (Å²) < 4.78 is 30.9. The third-order valence-corrected chi connectivity index (χ3v) is 4.63. The molecule has 0 aromatic carbocycles. The van der Waals surface area contributed by atoms with Crippen LogP contribution in [0.5, 0.6) is 5.75 Å². The van der Waals surface area contributed by atoms with Gasteiger partial charge in [-0.05, 0) is 30.7 Å². The Morgan fingerprint density at radius 1 is 1.59 bits per heavy atom. The molecule has 0 bridgehead atoms. The number of aryl methyl sites for hydroxylation is 1. The highest BCUT2D eigenvalue weighted by Crippen LogP contribution is 2.31. The lowest BCUT2D eigenvalue weighted by Gasteiger charge is -2.23. The van der Waals surface area contributed by atoms with Crippen molar-refractivity contribution in [3.63, 3.8) is 0 Å². The number of amides is 1. The van der Waals surface area contributed by atoms with E-state index in [2.05, 4.69) is 15.2 Å². The van der Waals surface area contributed by atoms with Crippen LogP contribution in [0.3, 0.4) is 0 Å². The normalized spacial score (nSPS) is 17.4. The highest BCUT2D eigenvalue weighted by Gasteiger charge is 2.26. The molecule has 2 aromatic heterocycles. The number of carbonyl (C=O) groups excluding carboxylic acids is 1. The van der Waals surface area contributed by atoms with Gasteiger partial charge < -0.3 is 10.1 Å². The van der Waals surface area contributed by atoms with Gasteiger partial charge in [-0.2, -0.15) is 13.9 Å². The predicted octanol–water partition coefficient (Wildman–Crippen LogP) is 2.89. The number of halogens is 2. The molecule has 0 radical (unpaired) electrons. The summed E-state index contributed by atoms with van der Waals surface area (Å²) in [6.07, 6.45) is 4.44. The zero-order chi connectivity index (χ0) is 15.7. The molecule has 0 spiro atoms. The van der Waals surface area contributed by atoms with Crippen LogP contribution in [0.25, 0.3) is 0 Å². The minimum atomic E-state index is -2.94. The molecule has 1 aliphatic rings. The predicted molar refractivity (Wildman–Crippen MR) is 77.3 cm³/mol. The molecule has 8 heteroatoms. The van der Waals surface area contributed by atoms with E-state index in [4.69, 9.17) is 0 Å². The first kappa shape index (κ1) is 15.0. The fourth-order valence-electron chi connectivity index (χ4n) is 2.73. The van der Waals surface area contributed by atoms with Crippen molar-refractivity contribution in [3.05, 3.63) is 33.8 Å². The van der Waals surface area contributed by atoms with Crippen LogP contribution in [-0.4, -0.2) is 22.3 Å². The van der Waals surface area contributed by atoms with Crippen molar-refractivity contribution in [2.45, 2.75) is 31.9 Å². The Morgan fingerprint density at radius 3 is 3.18 bits per heavy atom. The minimum Gasteiger partial charge on any atom is -0.433 e. The molecule has 1 aliphatic carbocycles. The second kappa shape index (κ2) is 6.04. The van der Waals surface area contributed by atoms with E-state index in [9.17, 15) is 13.6 Å². The van der Waals surface area contributed by atoms with Gasteiger partial charge in [0, 0.05) is 18.3 Å². The average molecular weight is 327 g/mol. The Hall–Kier alpha value is -1.96. The number of alkyl halides is 2. The van der Waals surface area contributed by atoms with Gasteiger partial charge in [0.15, 0.2) is 0 Å². The SMILES string of the molecule is Cn1ncc2c1CCC[C@@H]2NC(=O)c1sccc1OC(F)F. The number of hydrogen-bond acceptors (Lipinski definition) is 4. The standard InChI is InChI=1S/C14H15F2N3O2S/c1-19-10-4-2-3-9(8(10)7-17-19)18-13(20)12-11(5-6-22-12)21-14(15)16/h5-7,9,14H,2-4H2,1H3,(H,18,20)/t9-/m0/s1. The highest BCUT2D eigenvalue weighted by molar-refractivity contribution is 7.12. The van der Waals surface area contributed by atoms with Crippen LogP contribution in [0.15, 0.2) is 17.6 Å². The lowest BCUT2D eigenvalue weighted by atomic mass is 9.93. The Kier molecular flexibility index (Phi) is 4.10. The summed E-state index contributed by atoms with van der Waals surface area (Å²) in [5.74, 6) is -0.480. The van der Waals surface area contributed by atoms with Crippen LogP contribution in [0, 0.1) is 0 Å². The van der Waals surface area contributed by atoms with Crippen molar-refractivity contribution in [1.82, 2.24) is 15.1 Å². The third-order valence-electron chi connectivity index (χ3n) is 3.73. The van der Waals surface area contributed by atoms with E-state index >= 15 is 0 Å². The van der Waals surface area contributed by atoms with Gasteiger partial charge in [-0.25, -0.2) is 0 Å². The Morgan fingerprint density at radius 2 is 2.41 bits per heavy atom. The molecule has 0 saturated heterocycles.